The van der Waals surface area contributed by atoms with E-state index in [0.717, 1.165) is 11.6 Å². The Morgan fingerprint density at radius 3 is 2.17 bits per heavy atom. The van der Waals surface area contributed by atoms with Crippen LogP contribution in [-0.4, -0.2) is 22.6 Å². The first-order chi connectivity index (χ1) is 14.3. The van der Waals surface area contributed by atoms with E-state index >= 15 is 0 Å². The first-order valence-corrected chi connectivity index (χ1v) is 10.8. The molecule has 0 radical (unpaired) electrons. The van der Waals surface area contributed by atoms with Crippen LogP contribution in [0.2, 0.25) is 0 Å². The molecule has 0 N–H and O–H groups in total. The summed E-state index contributed by atoms with van der Waals surface area (Å²) in [6, 6.07) is 17.3. The smallest absolute Gasteiger partial charge is 0.264 e. The van der Waals surface area contributed by atoms with Crippen LogP contribution in [-0.2, 0) is 10.0 Å². The highest BCUT2D eigenvalue weighted by molar-refractivity contribution is 7.92. The third-order valence-electron chi connectivity index (χ3n) is 4.94. The molecular weight excluding hydrogens is 405 g/mol. The van der Waals surface area contributed by atoms with Crippen molar-refractivity contribution in [1.82, 2.24) is 0 Å². The number of sulfonamides is 1. The molecule has 0 heterocycles. The second-order valence-corrected chi connectivity index (χ2v) is 8.68. The summed E-state index contributed by atoms with van der Waals surface area (Å²) in [6.45, 7) is 3.36. The monoisotopic (exact) mass is 429 g/mol. The SMILES string of the molecule is COc1cccc([C@H](C)N(c2cccc(OC)c2)S(=O)(=O)c2ccc(C)c(F)c2)c1. The summed E-state index contributed by atoms with van der Waals surface area (Å²) >= 11 is 0. The molecule has 3 aromatic rings. The lowest BCUT2D eigenvalue weighted by molar-refractivity contribution is 0.413. The normalized spacial score (nSPS) is 12.3. The van der Waals surface area contributed by atoms with Gasteiger partial charge < -0.3 is 9.47 Å². The number of hydrogen-bond acceptors (Lipinski definition) is 4. The van der Waals surface area contributed by atoms with Crippen molar-refractivity contribution in [3.63, 3.8) is 0 Å². The van der Waals surface area contributed by atoms with Crippen LogP contribution >= 0.6 is 0 Å². The molecule has 1 atom stereocenters. The van der Waals surface area contributed by atoms with Crippen LogP contribution in [0.4, 0.5) is 10.1 Å². The van der Waals surface area contributed by atoms with Crippen LogP contribution in [0.3, 0.4) is 0 Å². The third-order valence-corrected chi connectivity index (χ3v) is 6.83. The fourth-order valence-corrected chi connectivity index (χ4v) is 4.85. The van der Waals surface area contributed by atoms with Crippen molar-refractivity contribution in [2.24, 2.45) is 0 Å². The van der Waals surface area contributed by atoms with Gasteiger partial charge in [0.15, 0.2) is 0 Å². The van der Waals surface area contributed by atoms with Crippen LogP contribution < -0.4 is 13.8 Å². The van der Waals surface area contributed by atoms with Gasteiger partial charge in [-0.3, -0.25) is 4.31 Å². The average molecular weight is 430 g/mol. The van der Waals surface area contributed by atoms with Gasteiger partial charge in [-0.05, 0) is 61.4 Å². The average Bonchev–Trinajstić information content (AvgIpc) is 2.75. The number of rotatable bonds is 7. The Morgan fingerprint density at radius 1 is 0.900 bits per heavy atom. The maximum atomic E-state index is 14.2. The van der Waals surface area contributed by atoms with E-state index in [1.54, 1.807) is 63.4 Å². The van der Waals surface area contributed by atoms with Crippen molar-refractivity contribution in [1.29, 1.82) is 0 Å². The van der Waals surface area contributed by atoms with Gasteiger partial charge in [-0.1, -0.05) is 24.3 Å². The van der Waals surface area contributed by atoms with Gasteiger partial charge in [0.2, 0.25) is 0 Å². The summed E-state index contributed by atoms with van der Waals surface area (Å²) in [4.78, 5) is -0.122. The van der Waals surface area contributed by atoms with Crippen molar-refractivity contribution in [3.8, 4) is 11.5 Å². The van der Waals surface area contributed by atoms with Crippen molar-refractivity contribution in [3.05, 3.63) is 83.7 Å². The quantitative estimate of drug-likeness (QED) is 0.524. The molecule has 0 aromatic heterocycles. The maximum absolute atomic E-state index is 14.2. The molecule has 0 spiro atoms. The lowest BCUT2D eigenvalue weighted by Crippen LogP contribution is -2.33. The summed E-state index contributed by atoms with van der Waals surface area (Å²) < 4.78 is 53.3. The second kappa shape index (κ2) is 8.75. The topological polar surface area (TPSA) is 55.8 Å². The fourth-order valence-electron chi connectivity index (χ4n) is 3.20. The maximum Gasteiger partial charge on any atom is 0.264 e. The van der Waals surface area contributed by atoms with Crippen LogP contribution in [0.15, 0.2) is 71.6 Å². The van der Waals surface area contributed by atoms with Crippen molar-refractivity contribution >= 4 is 15.7 Å². The highest BCUT2D eigenvalue weighted by Gasteiger charge is 2.31. The van der Waals surface area contributed by atoms with Gasteiger partial charge in [0.05, 0.1) is 30.8 Å². The van der Waals surface area contributed by atoms with E-state index in [1.807, 2.05) is 6.07 Å². The Morgan fingerprint density at radius 2 is 1.53 bits per heavy atom. The van der Waals surface area contributed by atoms with Crippen LogP contribution in [0.5, 0.6) is 11.5 Å². The van der Waals surface area contributed by atoms with Crippen molar-refractivity contribution in [2.45, 2.75) is 24.8 Å². The van der Waals surface area contributed by atoms with E-state index in [9.17, 15) is 12.8 Å². The van der Waals surface area contributed by atoms with Gasteiger partial charge in [0.1, 0.15) is 17.3 Å². The molecule has 5 nitrogen and oxygen atoms in total. The number of hydrogen-bond donors (Lipinski definition) is 0. The van der Waals surface area contributed by atoms with Crippen molar-refractivity contribution < 1.29 is 22.3 Å². The standard InChI is InChI=1S/C23H24FNO4S/c1-16-11-12-22(15-23(16)24)30(26,27)25(19-8-6-10-21(14-19)29-4)17(2)18-7-5-9-20(13-18)28-3/h5-15,17H,1-4H3/t17-/m0/s1. The molecule has 0 aliphatic carbocycles. The van der Waals surface area contributed by atoms with Gasteiger partial charge in [-0.15, -0.1) is 0 Å². The Labute approximate surface area is 176 Å². The molecule has 158 valence electrons. The molecule has 0 aliphatic rings. The Bertz CT molecular complexity index is 1150. The van der Waals surface area contributed by atoms with Crippen LogP contribution in [0.25, 0.3) is 0 Å². The number of nitrogens with zero attached hydrogens (tertiary/aromatic N) is 1. The number of halogens is 1. The lowest BCUT2D eigenvalue weighted by Gasteiger charge is -2.31. The van der Waals surface area contributed by atoms with E-state index in [-0.39, 0.29) is 4.90 Å². The molecular formula is C23H24FNO4S. The molecule has 7 heteroatoms. The minimum Gasteiger partial charge on any atom is -0.497 e. The van der Waals surface area contributed by atoms with E-state index in [0.29, 0.717) is 22.7 Å². The largest absolute Gasteiger partial charge is 0.497 e. The first kappa shape index (κ1) is 21.6. The molecule has 0 saturated heterocycles. The van der Waals surface area contributed by atoms with E-state index < -0.39 is 21.9 Å². The minimum absolute atomic E-state index is 0.122. The number of anilines is 1. The fraction of sp³-hybridized carbons (Fsp3) is 0.217. The van der Waals surface area contributed by atoms with Gasteiger partial charge in [-0.25, -0.2) is 12.8 Å². The van der Waals surface area contributed by atoms with Crippen LogP contribution in [0.1, 0.15) is 24.1 Å². The number of aryl methyl sites for hydroxylation is 1. The summed E-state index contributed by atoms with van der Waals surface area (Å²) in [6.07, 6.45) is 0. The highest BCUT2D eigenvalue weighted by atomic mass is 32.2. The van der Waals surface area contributed by atoms with Gasteiger partial charge >= 0.3 is 0 Å². The predicted molar refractivity (Wildman–Crippen MR) is 115 cm³/mol. The molecule has 0 unspecified atom stereocenters. The zero-order valence-corrected chi connectivity index (χ0v) is 18.1. The molecule has 0 aliphatic heterocycles. The van der Waals surface area contributed by atoms with Crippen molar-refractivity contribution in [2.75, 3.05) is 18.5 Å². The molecule has 3 aromatic carbocycles. The second-order valence-electron chi connectivity index (χ2n) is 6.87. The number of ether oxygens (including phenoxy) is 2. The molecule has 3 rings (SSSR count). The van der Waals surface area contributed by atoms with Gasteiger partial charge in [0, 0.05) is 6.07 Å². The Hall–Kier alpha value is -3.06. The van der Waals surface area contributed by atoms with Crippen LogP contribution in [0, 0.1) is 12.7 Å². The summed E-state index contributed by atoms with van der Waals surface area (Å²) in [5.41, 5.74) is 1.52. The Balaban J connectivity index is 2.19. The van der Waals surface area contributed by atoms with Gasteiger partial charge in [-0.2, -0.15) is 0 Å². The minimum atomic E-state index is -4.09. The number of benzene rings is 3. The Kier molecular flexibility index (Phi) is 6.31. The van der Waals surface area contributed by atoms with Gasteiger partial charge in [0.25, 0.3) is 10.0 Å². The summed E-state index contributed by atoms with van der Waals surface area (Å²) in [5, 5.41) is 0. The zero-order valence-electron chi connectivity index (χ0n) is 17.3. The summed E-state index contributed by atoms with van der Waals surface area (Å²) in [7, 11) is -1.02. The zero-order chi connectivity index (χ0) is 21.9. The van der Waals surface area contributed by atoms with E-state index in [4.69, 9.17) is 9.47 Å². The first-order valence-electron chi connectivity index (χ1n) is 9.36. The third kappa shape index (κ3) is 4.26. The molecule has 0 saturated carbocycles. The van der Waals surface area contributed by atoms with E-state index in [1.165, 1.54) is 23.5 Å². The number of methoxy groups -OCH3 is 2. The predicted octanol–water partition coefficient (Wildman–Crippen LogP) is 5.11. The summed E-state index contributed by atoms with van der Waals surface area (Å²) in [5.74, 6) is 0.556. The van der Waals surface area contributed by atoms with E-state index in [2.05, 4.69) is 0 Å². The molecule has 0 amide bonds. The molecule has 0 bridgehead atoms. The lowest BCUT2D eigenvalue weighted by atomic mass is 10.1. The highest BCUT2D eigenvalue weighted by Crippen LogP contribution is 2.36. The molecule has 30 heavy (non-hydrogen) atoms. The molecule has 0 fully saturated rings.